The Morgan fingerprint density at radius 3 is 1.57 bits per heavy atom. The molecule has 3 nitrogen and oxygen atoms in total. The maximum atomic E-state index is 10.0. The van der Waals surface area contributed by atoms with Crippen molar-refractivity contribution in [3.63, 3.8) is 0 Å². The minimum atomic E-state index is -0.757. The molecule has 1 aromatic rings. The summed E-state index contributed by atoms with van der Waals surface area (Å²) in [5.74, 6) is -0.757. The monoisotopic (exact) mass is 245 g/mol. The van der Waals surface area contributed by atoms with E-state index in [-0.39, 0.29) is 19.5 Å². The quantitative estimate of drug-likeness (QED) is 0.714. The topological polar surface area (TPSA) is 50.2 Å². The van der Waals surface area contributed by atoms with E-state index in [1.165, 1.54) is 0 Å². The molecule has 4 heteroatoms. The van der Waals surface area contributed by atoms with Gasteiger partial charge in [-0.2, -0.15) is 0 Å². The maximum absolute atomic E-state index is 10.0. The molecule has 74 valence electrons. The van der Waals surface area contributed by atoms with Gasteiger partial charge in [0.2, 0.25) is 0 Å². The number of aliphatic carboxylic acids is 1. The van der Waals surface area contributed by atoms with Crippen molar-refractivity contribution in [3.8, 4) is 0 Å². The Morgan fingerprint density at radius 2 is 1.50 bits per heavy atom. The van der Waals surface area contributed by atoms with Crippen molar-refractivity contribution in [3.05, 3.63) is 30.6 Å². The largest absolute Gasteiger partial charge is 0.481 e. The van der Waals surface area contributed by atoms with Crippen molar-refractivity contribution < 1.29 is 29.4 Å². The predicted octanol–water partition coefficient (Wildman–Crippen LogP) is 2.20. The van der Waals surface area contributed by atoms with Crippen molar-refractivity contribution in [2.24, 2.45) is 5.41 Å². The zero-order valence-electron chi connectivity index (χ0n) is 8.90. The van der Waals surface area contributed by atoms with Crippen LogP contribution in [0, 0.1) is 5.41 Å². The van der Waals surface area contributed by atoms with E-state index < -0.39 is 11.4 Å². The fourth-order valence-electron chi connectivity index (χ4n) is 0.313. The number of rotatable bonds is 0. The molecule has 0 atom stereocenters. The number of carbonyl (C=O) groups is 1. The van der Waals surface area contributed by atoms with Crippen molar-refractivity contribution >= 4 is 5.97 Å². The van der Waals surface area contributed by atoms with E-state index >= 15 is 0 Å². The number of aromatic nitrogens is 1. The summed E-state index contributed by atoms with van der Waals surface area (Å²) in [4.78, 5) is 13.8. The summed E-state index contributed by atoms with van der Waals surface area (Å²) in [7, 11) is 0. The van der Waals surface area contributed by atoms with Crippen LogP contribution in [0.25, 0.3) is 0 Å². The average Bonchev–Trinajstić information content (AvgIpc) is 2.07. The van der Waals surface area contributed by atoms with Crippen molar-refractivity contribution in [1.29, 1.82) is 0 Å². The van der Waals surface area contributed by atoms with Crippen LogP contribution in [-0.2, 0) is 24.3 Å². The smallest absolute Gasteiger partial charge is 0.308 e. The Morgan fingerprint density at radius 1 is 1.14 bits per heavy atom. The van der Waals surface area contributed by atoms with E-state index in [2.05, 4.69) is 4.98 Å². The van der Waals surface area contributed by atoms with Gasteiger partial charge in [0, 0.05) is 31.9 Å². The van der Waals surface area contributed by atoms with Gasteiger partial charge in [-0.05, 0) is 32.9 Å². The van der Waals surface area contributed by atoms with E-state index in [0.717, 1.165) is 0 Å². The molecule has 1 aromatic heterocycles. The number of carboxylic acid groups (broad SMARTS) is 1. The first-order valence-electron chi connectivity index (χ1n) is 4.03. The van der Waals surface area contributed by atoms with Crippen LogP contribution >= 0.6 is 0 Å². The van der Waals surface area contributed by atoms with Gasteiger partial charge in [-0.15, -0.1) is 0 Å². The van der Waals surface area contributed by atoms with Gasteiger partial charge in [-0.25, -0.2) is 0 Å². The Kier molecular flexibility index (Phi) is 8.56. The molecule has 1 rings (SSSR count). The van der Waals surface area contributed by atoms with Gasteiger partial charge in [0.05, 0.1) is 5.41 Å². The summed E-state index contributed by atoms with van der Waals surface area (Å²) < 4.78 is 0. The number of hydrogen-bond acceptors (Lipinski definition) is 2. The normalized spacial score (nSPS) is 9.07. The third-order valence-corrected chi connectivity index (χ3v) is 1.21. The standard InChI is InChI=1S/C5H5N.C5H10O2.Zn/c1-2-4-6-5-3-1;1-5(2,3)4(6)7;/h1-5H;1-3H3,(H,6,7);. The molecule has 0 saturated heterocycles. The Balaban J connectivity index is 0. The van der Waals surface area contributed by atoms with Gasteiger partial charge in [-0.3, -0.25) is 9.78 Å². The second-order valence-electron chi connectivity index (χ2n) is 3.58. The first kappa shape index (κ1) is 15.7. The first-order chi connectivity index (χ1) is 5.94. The number of nitrogens with zero attached hydrogens (tertiary/aromatic N) is 1. The summed E-state index contributed by atoms with van der Waals surface area (Å²) >= 11 is 0. The van der Waals surface area contributed by atoms with Crippen LogP contribution in [0.15, 0.2) is 30.6 Å². The zero-order chi connectivity index (χ0) is 10.3. The van der Waals surface area contributed by atoms with Crippen LogP contribution in [0.2, 0.25) is 0 Å². The van der Waals surface area contributed by atoms with Gasteiger partial charge in [0.15, 0.2) is 0 Å². The molecule has 0 unspecified atom stereocenters. The van der Waals surface area contributed by atoms with Crippen LogP contribution in [0.5, 0.6) is 0 Å². The van der Waals surface area contributed by atoms with Crippen molar-refractivity contribution in [1.82, 2.24) is 4.98 Å². The summed E-state index contributed by atoms with van der Waals surface area (Å²) in [6.07, 6.45) is 3.50. The van der Waals surface area contributed by atoms with E-state index in [0.29, 0.717) is 0 Å². The zero-order valence-corrected chi connectivity index (χ0v) is 11.9. The fraction of sp³-hybridized carbons (Fsp3) is 0.400. The molecule has 1 N–H and O–H groups in total. The fourth-order valence-corrected chi connectivity index (χ4v) is 0.313. The first-order valence-corrected chi connectivity index (χ1v) is 4.03. The van der Waals surface area contributed by atoms with Gasteiger partial charge in [-0.1, -0.05) is 6.07 Å². The number of hydrogen-bond donors (Lipinski definition) is 1. The van der Waals surface area contributed by atoms with Crippen LogP contribution in [0.4, 0.5) is 0 Å². The van der Waals surface area contributed by atoms with E-state index in [1.54, 1.807) is 33.2 Å². The molecule has 0 radical (unpaired) electrons. The van der Waals surface area contributed by atoms with E-state index in [1.807, 2.05) is 18.2 Å². The molecule has 1 heterocycles. The number of carboxylic acids is 1. The Hall–Kier alpha value is -0.757. The molecule has 14 heavy (non-hydrogen) atoms. The average molecular weight is 247 g/mol. The minimum Gasteiger partial charge on any atom is -0.481 e. The molecule has 0 aliphatic rings. The predicted molar refractivity (Wildman–Crippen MR) is 51.3 cm³/mol. The second-order valence-corrected chi connectivity index (χ2v) is 3.58. The number of pyridine rings is 1. The van der Waals surface area contributed by atoms with Crippen LogP contribution < -0.4 is 0 Å². The second kappa shape index (κ2) is 7.63. The summed E-state index contributed by atoms with van der Waals surface area (Å²) in [5, 5.41) is 8.25. The van der Waals surface area contributed by atoms with E-state index in [9.17, 15) is 4.79 Å². The molecule has 0 aromatic carbocycles. The van der Waals surface area contributed by atoms with Crippen LogP contribution in [0.3, 0.4) is 0 Å². The third-order valence-electron chi connectivity index (χ3n) is 1.21. The maximum Gasteiger partial charge on any atom is 0.308 e. The van der Waals surface area contributed by atoms with E-state index in [4.69, 9.17) is 5.11 Å². The Bertz CT molecular complexity index is 217. The Labute approximate surface area is 97.3 Å². The molecular weight excluding hydrogens is 232 g/mol. The van der Waals surface area contributed by atoms with Crippen LogP contribution in [0.1, 0.15) is 20.8 Å². The van der Waals surface area contributed by atoms with Gasteiger partial charge < -0.3 is 5.11 Å². The molecule has 0 spiro atoms. The molecule has 0 aliphatic carbocycles. The van der Waals surface area contributed by atoms with Gasteiger partial charge in [0.1, 0.15) is 0 Å². The van der Waals surface area contributed by atoms with Gasteiger partial charge in [0.25, 0.3) is 0 Å². The SMILES string of the molecule is CC(C)(C)C(=O)O.[Zn].c1ccncc1. The van der Waals surface area contributed by atoms with Crippen molar-refractivity contribution in [2.75, 3.05) is 0 Å². The third kappa shape index (κ3) is 9.33. The summed E-state index contributed by atoms with van der Waals surface area (Å²) in [5.41, 5.74) is -0.583. The van der Waals surface area contributed by atoms with Crippen molar-refractivity contribution in [2.45, 2.75) is 20.8 Å². The molecule has 0 saturated carbocycles. The summed E-state index contributed by atoms with van der Waals surface area (Å²) in [6.45, 7) is 4.99. The van der Waals surface area contributed by atoms with Crippen LogP contribution in [-0.4, -0.2) is 16.1 Å². The minimum absolute atomic E-state index is 0. The molecule has 0 aliphatic heterocycles. The molecular formula is C10H15NO2Zn. The van der Waals surface area contributed by atoms with Gasteiger partial charge >= 0.3 is 5.97 Å². The molecule has 0 fully saturated rings. The molecule has 0 amide bonds. The summed E-state index contributed by atoms with van der Waals surface area (Å²) in [6, 6.07) is 5.72. The molecule has 0 bridgehead atoms.